The van der Waals surface area contributed by atoms with Crippen LogP contribution in [0.2, 0.25) is 0 Å². The summed E-state index contributed by atoms with van der Waals surface area (Å²) in [7, 11) is -0.654. The van der Waals surface area contributed by atoms with Gasteiger partial charge < -0.3 is 20.3 Å². The van der Waals surface area contributed by atoms with Gasteiger partial charge in [-0.1, -0.05) is 55.4 Å². The van der Waals surface area contributed by atoms with Gasteiger partial charge in [0.2, 0.25) is 15.9 Å². The molecule has 1 saturated carbocycles. The van der Waals surface area contributed by atoms with Crippen LogP contribution in [0.3, 0.4) is 0 Å². The van der Waals surface area contributed by atoms with Gasteiger partial charge in [-0.3, -0.25) is 4.79 Å². The van der Waals surface area contributed by atoms with Crippen LogP contribution in [0.1, 0.15) is 55.4 Å². The minimum atomic E-state index is -3.44. The highest BCUT2D eigenvalue weighted by atomic mass is 32.2. The molecule has 0 spiro atoms. The number of likely N-dealkylation sites (tertiary alicyclic amines) is 1. The number of carbonyl (C=O) groups is 3. The Morgan fingerprint density at radius 3 is 2.06 bits per heavy atom. The van der Waals surface area contributed by atoms with E-state index in [0.717, 1.165) is 6.26 Å². The average molecular weight is 517 g/mol. The van der Waals surface area contributed by atoms with Crippen LogP contribution in [-0.2, 0) is 24.3 Å². The Bertz CT molecular complexity index is 950. The molecule has 1 unspecified atom stereocenters. The number of sulfonamides is 1. The first-order valence-corrected chi connectivity index (χ1v) is 13.9. The number of likely N-dealkylation sites (N-methyl/N-ethyl adjacent to an activating group) is 1. The summed E-state index contributed by atoms with van der Waals surface area (Å²) in [6.07, 6.45) is 1.11. The maximum absolute atomic E-state index is 13.7. The third kappa shape index (κ3) is 6.28. The number of hydrogen-bond donors (Lipinski definition) is 2. The molecule has 0 aromatic heterocycles. The fraction of sp³-hybridized carbons (Fsp3) is 0.875. The number of amides is 3. The Hall–Kier alpha value is -1.88. The second kappa shape index (κ2) is 9.53. The van der Waals surface area contributed by atoms with Crippen molar-refractivity contribution in [3.63, 3.8) is 0 Å². The number of piperidine rings is 1. The molecule has 1 heterocycles. The number of rotatable bonds is 7. The zero-order valence-electron chi connectivity index (χ0n) is 23.1. The molecular formula is C24H44N4O6S. The summed E-state index contributed by atoms with van der Waals surface area (Å²) in [5.41, 5.74) is -1.13. The van der Waals surface area contributed by atoms with Gasteiger partial charge in [-0.15, -0.1) is 0 Å². The second-order valence-electron chi connectivity index (χ2n) is 12.8. The Morgan fingerprint density at radius 2 is 1.63 bits per heavy atom. The number of carbonyl (C=O) groups excluding carboxylic acids is 3. The fourth-order valence-electron chi connectivity index (χ4n) is 4.98. The highest BCUT2D eigenvalue weighted by molar-refractivity contribution is 7.88. The Balaban J connectivity index is 2.23. The molecule has 5 atom stereocenters. The van der Waals surface area contributed by atoms with E-state index in [4.69, 9.17) is 4.74 Å². The quantitative estimate of drug-likeness (QED) is 0.496. The molecule has 2 fully saturated rings. The fourth-order valence-corrected chi connectivity index (χ4v) is 5.40. The minimum Gasteiger partial charge on any atom is -0.467 e. The maximum atomic E-state index is 13.7. The Morgan fingerprint density at radius 1 is 1.09 bits per heavy atom. The van der Waals surface area contributed by atoms with Crippen molar-refractivity contribution < 1.29 is 27.5 Å². The number of nitrogens with zero attached hydrogens (tertiary/aromatic N) is 2. The van der Waals surface area contributed by atoms with E-state index in [-0.39, 0.29) is 29.7 Å². The molecule has 3 amide bonds. The van der Waals surface area contributed by atoms with Crippen LogP contribution in [0.4, 0.5) is 4.79 Å². The molecule has 1 aliphatic carbocycles. The number of urea groups is 1. The highest BCUT2D eigenvalue weighted by Gasteiger charge is 2.70. The van der Waals surface area contributed by atoms with Gasteiger partial charge in [0.25, 0.3) is 0 Å². The van der Waals surface area contributed by atoms with Gasteiger partial charge in [-0.25, -0.2) is 22.3 Å². The number of methoxy groups -OCH3 is 1. The molecule has 202 valence electrons. The van der Waals surface area contributed by atoms with Crippen molar-refractivity contribution in [3.8, 4) is 0 Å². The van der Waals surface area contributed by atoms with Crippen LogP contribution in [0.25, 0.3) is 0 Å². The van der Waals surface area contributed by atoms with Gasteiger partial charge in [0.15, 0.2) is 0 Å². The molecule has 1 saturated heterocycles. The second-order valence-corrected chi connectivity index (χ2v) is 14.9. The molecular weight excluding hydrogens is 472 g/mol. The largest absolute Gasteiger partial charge is 0.467 e. The summed E-state index contributed by atoms with van der Waals surface area (Å²) in [5, 5.41) is 5.68. The van der Waals surface area contributed by atoms with Crippen LogP contribution in [0, 0.1) is 28.1 Å². The summed E-state index contributed by atoms with van der Waals surface area (Å²) < 4.78 is 30.1. The predicted octanol–water partition coefficient (Wildman–Crippen LogP) is 1.66. The van der Waals surface area contributed by atoms with E-state index in [1.165, 1.54) is 18.5 Å². The molecule has 2 aliphatic rings. The van der Waals surface area contributed by atoms with Crippen LogP contribution >= 0.6 is 0 Å². The summed E-state index contributed by atoms with van der Waals surface area (Å²) in [6, 6.07) is -2.66. The molecule has 11 heteroatoms. The van der Waals surface area contributed by atoms with Crippen molar-refractivity contribution in [1.29, 1.82) is 0 Å². The molecule has 0 bridgehead atoms. The average Bonchev–Trinajstić information content (AvgIpc) is 3.02. The van der Waals surface area contributed by atoms with Crippen molar-refractivity contribution in [2.45, 2.75) is 73.5 Å². The highest BCUT2D eigenvalue weighted by Crippen LogP contribution is 2.65. The van der Waals surface area contributed by atoms with Crippen molar-refractivity contribution >= 4 is 27.9 Å². The van der Waals surface area contributed by atoms with Gasteiger partial charge in [0, 0.05) is 32.1 Å². The third-order valence-corrected chi connectivity index (χ3v) is 8.96. The van der Waals surface area contributed by atoms with Crippen LogP contribution < -0.4 is 10.6 Å². The van der Waals surface area contributed by atoms with Gasteiger partial charge in [-0.05, 0) is 22.2 Å². The number of esters is 1. The normalized spacial score (nSPS) is 25.5. The third-order valence-electron chi connectivity index (χ3n) is 7.68. The van der Waals surface area contributed by atoms with E-state index >= 15 is 0 Å². The predicted molar refractivity (Wildman–Crippen MR) is 134 cm³/mol. The van der Waals surface area contributed by atoms with Gasteiger partial charge in [-0.2, -0.15) is 0 Å². The minimum absolute atomic E-state index is 0.0325. The van der Waals surface area contributed by atoms with E-state index < -0.39 is 51.0 Å². The molecule has 1 aliphatic heterocycles. The zero-order valence-corrected chi connectivity index (χ0v) is 23.9. The monoisotopic (exact) mass is 516 g/mol. The number of ether oxygens (including phenoxy) is 1. The number of hydrogen-bond acceptors (Lipinski definition) is 6. The number of fused-ring (bicyclic) bond motifs is 1. The van der Waals surface area contributed by atoms with Gasteiger partial charge >= 0.3 is 12.0 Å². The van der Waals surface area contributed by atoms with Crippen LogP contribution in [0.15, 0.2) is 0 Å². The van der Waals surface area contributed by atoms with E-state index in [9.17, 15) is 22.8 Å². The van der Waals surface area contributed by atoms with Crippen molar-refractivity contribution in [3.05, 3.63) is 0 Å². The first-order chi connectivity index (χ1) is 15.6. The molecule has 0 aromatic rings. The first kappa shape index (κ1) is 29.4. The molecule has 2 rings (SSSR count). The molecule has 0 radical (unpaired) electrons. The lowest BCUT2D eigenvalue weighted by Crippen LogP contribution is -2.61. The smallest absolute Gasteiger partial charge is 0.328 e. The maximum Gasteiger partial charge on any atom is 0.328 e. The van der Waals surface area contributed by atoms with E-state index in [1.807, 2.05) is 41.5 Å². The zero-order chi connectivity index (χ0) is 27.3. The molecule has 2 N–H and O–H groups in total. The summed E-state index contributed by atoms with van der Waals surface area (Å²) in [5.74, 6) is -0.524. The molecule has 10 nitrogen and oxygen atoms in total. The standard InChI is InChI=1S/C24H44N4O6S/c1-22(2,3)15(13-27(9)35(11,32)33)25-21(31)26-18(23(4,5)6)19(29)28-12-14-16(24(14,7)8)17(28)20(30)34-10/h14-18H,12-13H2,1-11H3,(H2,25,26,31)/t14?,15-,16+,17+,18-/m1/s1. The lowest BCUT2D eigenvalue weighted by Gasteiger charge is -2.38. The summed E-state index contributed by atoms with van der Waals surface area (Å²) >= 11 is 0. The Labute approximate surface area is 210 Å². The van der Waals surface area contributed by atoms with E-state index in [1.54, 1.807) is 4.90 Å². The SMILES string of the molecule is COC(=O)[C@@H]1[C@@H]2C(CN1C(=O)[C@@H](NC(=O)N[C@H](CN(C)S(C)(=O)=O)C(C)(C)C)C(C)(C)C)C2(C)C. The van der Waals surface area contributed by atoms with E-state index in [2.05, 4.69) is 24.5 Å². The van der Waals surface area contributed by atoms with Crippen LogP contribution in [-0.4, -0.2) is 87.2 Å². The van der Waals surface area contributed by atoms with Gasteiger partial charge in [0.1, 0.15) is 12.1 Å². The molecule has 35 heavy (non-hydrogen) atoms. The first-order valence-electron chi connectivity index (χ1n) is 12.0. The lowest BCUT2D eigenvalue weighted by molar-refractivity contribution is -0.154. The molecule has 0 aromatic carbocycles. The van der Waals surface area contributed by atoms with Gasteiger partial charge in [0.05, 0.1) is 13.4 Å². The van der Waals surface area contributed by atoms with Crippen LogP contribution in [0.5, 0.6) is 0 Å². The Kier molecular flexibility index (Phi) is 8.00. The van der Waals surface area contributed by atoms with Crippen molar-refractivity contribution in [2.75, 3.05) is 33.5 Å². The summed E-state index contributed by atoms with van der Waals surface area (Å²) in [6.45, 7) is 16.0. The summed E-state index contributed by atoms with van der Waals surface area (Å²) in [4.78, 5) is 41.0. The van der Waals surface area contributed by atoms with E-state index in [0.29, 0.717) is 6.54 Å². The lowest BCUT2D eigenvalue weighted by atomic mass is 9.85. The van der Waals surface area contributed by atoms with Crippen molar-refractivity contribution in [1.82, 2.24) is 19.8 Å². The topological polar surface area (TPSA) is 125 Å². The number of nitrogens with one attached hydrogen (secondary N) is 2. The van der Waals surface area contributed by atoms with Crippen molar-refractivity contribution in [2.24, 2.45) is 28.1 Å².